The van der Waals surface area contributed by atoms with Crippen molar-refractivity contribution in [3.63, 3.8) is 0 Å². The molecule has 1 saturated carbocycles. The van der Waals surface area contributed by atoms with Crippen LogP contribution in [0.5, 0.6) is 11.5 Å². The minimum Gasteiger partial charge on any atom is -0.493 e. The first kappa shape index (κ1) is 11.8. The summed E-state index contributed by atoms with van der Waals surface area (Å²) < 4.78 is 10.8. The van der Waals surface area contributed by atoms with Gasteiger partial charge in [-0.3, -0.25) is 4.90 Å². The van der Waals surface area contributed by atoms with Crippen molar-refractivity contribution in [2.75, 3.05) is 27.8 Å². The molecule has 1 unspecified atom stereocenters. The molecule has 3 rings (SSSR count). The Balaban J connectivity index is 2.05. The van der Waals surface area contributed by atoms with Crippen molar-refractivity contribution in [2.45, 2.75) is 25.3 Å². The van der Waals surface area contributed by atoms with Crippen molar-refractivity contribution in [1.82, 2.24) is 4.90 Å². The summed E-state index contributed by atoms with van der Waals surface area (Å²) in [5.41, 5.74) is 2.88. The fourth-order valence-electron chi connectivity index (χ4n) is 3.13. The van der Waals surface area contributed by atoms with Gasteiger partial charge in [0.2, 0.25) is 0 Å². The van der Waals surface area contributed by atoms with Gasteiger partial charge in [-0.2, -0.15) is 0 Å². The van der Waals surface area contributed by atoms with Gasteiger partial charge in [-0.25, -0.2) is 0 Å². The summed E-state index contributed by atoms with van der Waals surface area (Å²) in [6.45, 7) is 1.14. The molecule has 0 bridgehead atoms. The van der Waals surface area contributed by atoms with Crippen molar-refractivity contribution >= 4 is 0 Å². The Morgan fingerprint density at radius 3 is 2.39 bits per heavy atom. The molecular weight excluding hydrogens is 226 g/mol. The summed E-state index contributed by atoms with van der Waals surface area (Å²) in [4.78, 5) is 2.49. The Kier molecular flexibility index (Phi) is 2.94. The second kappa shape index (κ2) is 4.47. The molecule has 3 heteroatoms. The average Bonchev–Trinajstić information content (AvgIpc) is 3.21. The van der Waals surface area contributed by atoms with Crippen LogP contribution in [0.1, 0.15) is 30.0 Å². The molecule has 0 amide bonds. The van der Waals surface area contributed by atoms with Gasteiger partial charge in [0, 0.05) is 12.6 Å². The zero-order valence-corrected chi connectivity index (χ0v) is 11.4. The minimum absolute atomic E-state index is 0.577. The highest BCUT2D eigenvalue weighted by Gasteiger charge is 2.38. The highest BCUT2D eigenvalue weighted by Crippen LogP contribution is 2.48. The average molecular weight is 247 g/mol. The number of hydrogen-bond donors (Lipinski definition) is 0. The first-order valence-corrected chi connectivity index (χ1v) is 6.69. The Hall–Kier alpha value is -1.22. The van der Waals surface area contributed by atoms with Crippen LogP contribution < -0.4 is 9.47 Å². The number of fused-ring (bicyclic) bond motifs is 1. The first-order valence-electron chi connectivity index (χ1n) is 6.69. The Bertz CT molecular complexity index is 454. The standard InChI is InChI=1S/C15H21NO2/c1-16-7-6-11-8-13(17-2)14(18-3)9-12(11)15(16)10-4-5-10/h8-10,15H,4-7H2,1-3H3. The zero-order chi connectivity index (χ0) is 12.7. The van der Waals surface area contributed by atoms with Crippen molar-refractivity contribution in [3.05, 3.63) is 23.3 Å². The van der Waals surface area contributed by atoms with Gasteiger partial charge in [-0.15, -0.1) is 0 Å². The van der Waals surface area contributed by atoms with Crippen molar-refractivity contribution in [2.24, 2.45) is 5.92 Å². The van der Waals surface area contributed by atoms with Crippen LogP contribution in [0.4, 0.5) is 0 Å². The predicted octanol–water partition coefficient (Wildman–Crippen LogP) is 2.64. The van der Waals surface area contributed by atoms with Gasteiger partial charge in [0.25, 0.3) is 0 Å². The third-order valence-electron chi connectivity index (χ3n) is 4.24. The molecular formula is C15H21NO2. The lowest BCUT2D eigenvalue weighted by Crippen LogP contribution is -2.33. The lowest BCUT2D eigenvalue weighted by Gasteiger charge is -2.35. The molecule has 0 saturated heterocycles. The SMILES string of the molecule is COc1cc2c(cc1OC)C(C1CC1)N(C)CC2. The van der Waals surface area contributed by atoms with Crippen molar-refractivity contribution in [3.8, 4) is 11.5 Å². The summed E-state index contributed by atoms with van der Waals surface area (Å²) in [6.07, 6.45) is 3.83. The van der Waals surface area contributed by atoms with E-state index in [4.69, 9.17) is 9.47 Å². The molecule has 0 aromatic heterocycles. The third kappa shape index (κ3) is 1.87. The summed E-state index contributed by atoms with van der Waals surface area (Å²) in [5.74, 6) is 2.56. The van der Waals surface area contributed by atoms with Gasteiger partial charge in [-0.1, -0.05) is 0 Å². The van der Waals surface area contributed by atoms with E-state index in [0.29, 0.717) is 6.04 Å². The molecule has 0 spiro atoms. The second-order valence-electron chi connectivity index (χ2n) is 5.42. The second-order valence-corrected chi connectivity index (χ2v) is 5.42. The number of benzene rings is 1. The van der Waals surface area contributed by atoms with E-state index in [-0.39, 0.29) is 0 Å². The normalized spacial score (nSPS) is 23.6. The van der Waals surface area contributed by atoms with E-state index in [2.05, 4.69) is 24.1 Å². The molecule has 0 radical (unpaired) electrons. The van der Waals surface area contributed by atoms with Gasteiger partial charge in [0.15, 0.2) is 11.5 Å². The zero-order valence-electron chi connectivity index (χ0n) is 11.4. The molecule has 1 fully saturated rings. The van der Waals surface area contributed by atoms with E-state index >= 15 is 0 Å². The molecule has 1 atom stereocenters. The summed E-state index contributed by atoms with van der Waals surface area (Å²) >= 11 is 0. The van der Waals surface area contributed by atoms with Crippen LogP contribution in [0.15, 0.2) is 12.1 Å². The lowest BCUT2D eigenvalue weighted by molar-refractivity contribution is 0.206. The number of ether oxygens (including phenoxy) is 2. The molecule has 1 aromatic rings. The number of rotatable bonds is 3. The predicted molar refractivity (Wildman–Crippen MR) is 71.3 cm³/mol. The summed E-state index contributed by atoms with van der Waals surface area (Å²) in [6, 6.07) is 4.93. The van der Waals surface area contributed by atoms with Crippen molar-refractivity contribution in [1.29, 1.82) is 0 Å². The van der Waals surface area contributed by atoms with Gasteiger partial charge in [-0.05, 0) is 55.5 Å². The molecule has 2 aliphatic rings. The lowest BCUT2D eigenvalue weighted by atomic mass is 9.89. The van der Waals surface area contributed by atoms with E-state index in [1.807, 2.05) is 0 Å². The third-order valence-corrected chi connectivity index (χ3v) is 4.24. The van der Waals surface area contributed by atoms with Crippen molar-refractivity contribution < 1.29 is 9.47 Å². The molecule has 1 aliphatic carbocycles. The molecule has 0 N–H and O–H groups in total. The summed E-state index contributed by atoms with van der Waals surface area (Å²) in [5, 5.41) is 0. The quantitative estimate of drug-likeness (QED) is 0.819. The molecule has 98 valence electrons. The van der Waals surface area contributed by atoms with Crippen LogP contribution >= 0.6 is 0 Å². The Labute approximate surface area is 109 Å². The van der Waals surface area contributed by atoms with Gasteiger partial charge < -0.3 is 9.47 Å². The Morgan fingerprint density at radius 2 is 1.78 bits per heavy atom. The van der Waals surface area contributed by atoms with Crippen LogP contribution in [-0.2, 0) is 6.42 Å². The Morgan fingerprint density at radius 1 is 1.11 bits per heavy atom. The number of likely N-dealkylation sites (N-methyl/N-ethyl adjacent to an activating group) is 1. The number of methoxy groups -OCH3 is 2. The highest BCUT2D eigenvalue weighted by molar-refractivity contribution is 5.49. The fraction of sp³-hybridized carbons (Fsp3) is 0.600. The summed E-state index contributed by atoms with van der Waals surface area (Å²) in [7, 11) is 5.66. The largest absolute Gasteiger partial charge is 0.493 e. The molecule has 1 aliphatic heterocycles. The van der Waals surface area contributed by atoms with E-state index < -0.39 is 0 Å². The van der Waals surface area contributed by atoms with E-state index in [0.717, 1.165) is 30.4 Å². The van der Waals surface area contributed by atoms with E-state index in [1.165, 1.54) is 24.0 Å². The van der Waals surface area contributed by atoms with Gasteiger partial charge in [0.1, 0.15) is 0 Å². The number of hydrogen-bond acceptors (Lipinski definition) is 3. The maximum atomic E-state index is 5.44. The highest BCUT2D eigenvalue weighted by atomic mass is 16.5. The van der Waals surface area contributed by atoms with Gasteiger partial charge in [0.05, 0.1) is 14.2 Å². The number of nitrogens with zero attached hydrogens (tertiary/aromatic N) is 1. The fourth-order valence-corrected chi connectivity index (χ4v) is 3.13. The molecule has 1 aromatic carbocycles. The van der Waals surface area contributed by atoms with E-state index in [1.54, 1.807) is 14.2 Å². The topological polar surface area (TPSA) is 21.7 Å². The molecule has 1 heterocycles. The maximum Gasteiger partial charge on any atom is 0.161 e. The maximum absolute atomic E-state index is 5.44. The van der Waals surface area contributed by atoms with Crippen LogP contribution in [-0.4, -0.2) is 32.7 Å². The smallest absolute Gasteiger partial charge is 0.161 e. The minimum atomic E-state index is 0.577. The van der Waals surface area contributed by atoms with E-state index in [9.17, 15) is 0 Å². The monoisotopic (exact) mass is 247 g/mol. The molecule has 18 heavy (non-hydrogen) atoms. The first-order chi connectivity index (χ1) is 8.74. The van der Waals surface area contributed by atoms with Crippen LogP contribution in [0.3, 0.4) is 0 Å². The van der Waals surface area contributed by atoms with Crippen LogP contribution in [0.25, 0.3) is 0 Å². The molecule has 3 nitrogen and oxygen atoms in total. The van der Waals surface area contributed by atoms with Crippen LogP contribution in [0, 0.1) is 5.92 Å². The van der Waals surface area contributed by atoms with Crippen LogP contribution in [0.2, 0.25) is 0 Å². The van der Waals surface area contributed by atoms with Gasteiger partial charge >= 0.3 is 0 Å².